The number of benzene rings is 2. The molecular weight excluding hydrogens is 299 g/mol. The Morgan fingerprint density at radius 2 is 1.65 bits per heavy atom. The van der Waals surface area contributed by atoms with Crippen molar-refractivity contribution in [3.8, 4) is 0 Å². The van der Waals surface area contributed by atoms with Gasteiger partial charge >= 0.3 is 0 Å². The molecule has 0 aliphatic carbocycles. The summed E-state index contributed by atoms with van der Waals surface area (Å²) in [6.45, 7) is -0.224. The highest BCUT2D eigenvalue weighted by Gasteiger charge is 2.13. The first kappa shape index (κ1) is 16.6. The maximum absolute atomic E-state index is 12.7. The summed E-state index contributed by atoms with van der Waals surface area (Å²) in [5, 5.41) is 14.9. The number of amides is 2. The lowest BCUT2D eigenvalue weighted by atomic mass is 10.1. The van der Waals surface area contributed by atoms with Crippen molar-refractivity contribution in [2.75, 3.05) is 11.9 Å². The molecule has 0 heterocycles. The van der Waals surface area contributed by atoms with Gasteiger partial charge in [0.25, 0.3) is 0 Å². The molecule has 0 saturated carbocycles. The van der Waals surface area contributed by atoms with Crippen molar-refractivity contribution < 1.29 is 19.1 Å². The Morgan fingerprint density at radius 3 is 2.30 bits per heavy atom. The molecule has 0 fully saturated rings. The summed E-state index contributed by atoms with van der Waals surface area (Å²) in [7, 11) is 0. The average molecular weight is 316 g/mol. The number of nitrogens with one attached hydrogen (secondary N) is 2. The second-order valence-corrected chi connectivity index (χ2v) is 4.96. The van der Waals surface area contributed by atoms with Crippen LogP contribution in [-0.4, -0.2) is 23.5 Å². The van der Waals surface area contributed by atoms with Crippen LogP contribution in [0.5, 0.6) is 0 Å². The van der Waals surface area contributed by atoms with Crippen LogP contribution in [-0.2, 0) is 9.59 Å². The van der Waals surface area contributed by atoms with Crippen molar-refractivity contribution in [3.63, 3.8) is 0 Å². The van der Waals surface area contributed by atoms with E-state index in [4.69, 9.17) is 0 Å². The van der Waals surface area contributed by atoms with Gasteiger partial charge in [0.2, 0.25) is 11.8 Å². The Morgan fingerprint density at radius 1 is 1.00 bits per heavy atom. The third-order valence-corrected chi connectivity index (χ3v) is 3.14. The molecule has 0 radical (unpaired) electrons. The number of aliphatic hydroxyl groups excluding tert-OH is 1. The van der Waals surface area contributed by atoms with Gasteiger partial charge in [0.05, 0.1) is 19.1 Å². The zero-order chi connectivity index (χ0) is 16.7. The largest absolute Gasteiger partial charge is 0.388 e. The molecule has 2 amide bonds. The zero-order valence-electron chi connectivity index (χ0n) is 12.3. The quantitative estimate of drug-likeness (QED) is 0.763. The number of hydrogen-bond donors (Lipinski definition) is 3. The van der Waals surface area contributed by atoms with Crippen LogP contribution >= 0.6 is 0 Å². The maximum atomic E-state index is 12.7. The zero-order valence-corrected chi connectivity index (χ0v) is 12.3. The van der Waals surface area contributed by atoms with Gasteiger partial charge in [0.15, 0.2) is 0 Å². The monoisotopic (exact) mass is 316 g/mol. The van der Waals surface area contributed by atoms with Crippen LogP contribution in [0.1, 0.15) is 18.1 Å². The molecule has 0 aliphatic rings. The fourth-order valence-electron chi connectivity index (χ4n) is 1.96. The number of hydrogen-bond acceptors (Lipinski definition) is 3. The minimum atomic E-state index is -0.920. The predicted octanol–water partition coefficient (Wildman–Crippen LogP) is 2.00. The molecule has 23 heavy (non-hydrogen) atoms. The lowest BCUT2D eigenvalue weighted by molar-refractivity contribution is -0.125. The number of anilines is 1. The van der Waals surface area contributed by atoms with Gasteiger partial charge in [-0.1, -0.05) is 30.3 Å². The molecular formula is C17H17FN2O3. The van der Waals surface area contributed by atoms with Gasteiger partial charge in [-0.05, 0) is 29.8 Å². The summed E-state index contributed by atoms with van der Waals surface area (Å²) >= 11 is 0. The van der Waals surface area contributed by atoms with Crippen LogP contribution in [0.4, 0.5) is 10.1 Å². The number of carbonyl (C=O) groups is 2. The molecule has 1 unspecified atom stereocenters. The van der Waals surface area contributed by atoms with Gasteiger partial charge in [-0.2, -0.15) is 0 Å². The molecule has 0 aromatic heterocycles. The third kappa shape index (κ3) is 5.52. The number of halogens is 1. The molecule has 2 aromatic carbocycles. The molecule has 5 nitrogen and oxygen atoms in total. The molecule has 2 rings (SSSR count). The average Bonchev–Trinajstić information content (AvgIpc) is 2.56. The van der Waals surface area contributed by atoms with Crippen LogP contribution in [0.2, 0.25) is 0 Å². The Balaban J connectivity index is 1.75. The minimum Gasteiger partial charge on any atom is -0.388 e. The summed E-state index contributed by atoms with van der Waals surface area (Å²) in [6.07, 6.45) is -1.05. The van der Waals surface area contributed by atoms with Crippen molar-refractivity contribution in [1.29, 1.82) is 0 Å². The molecule has 0 aliphatic heterocycles. The van der Waals surface area contributed by atoms with E-state index in [9.17, 15) is 19.1 Å². The van der Waals surface area contributed by atoms with Crippen LogP contribution in [0.25, 0.3) is 0 Å². The fraction of sp³-hybridized carbons (Fsp3) is 0.176. The van der Waals surface area contributed by atoms with E-state index in [2.05, 4.69) is 10.6 Å². The summed E-state index contributed by atoms with van der Waals surface area (Å²) in [5.74, 6) is -1.26. The van der Waals surface area contributed by atoms with Crippen molar-refractivity contribution in [2.24, 2.45) is 0 Å². The van der Waals surface area contributed by atoms with Gasteiger partial charge in [-0.3, -0.25) is 9.59 Å². The Hall–Kier alpha value is -2.73. The van der Waals surface area contributed by atoms with E-state index >= 15 is 0 Å². The van der Waals surface area contributed by atoms with Gasteiger partial charge in [-0.25, -0.2) is 4.39 Å². The molecule has 3 N–H and O–H groups in total. The second kappa shape index (κ2) is 8.05. The van der Waals surface area contributed by atoms with E-state index in [1.165, 1.54) is 24.3 Å². The van der Waals surface area contributed by atoms with Crippen molar-refractivity contribution >= 4 is 17.5 Å². The molecule has 0 saturated heterocycles. The third-order valence-electron chi connectivity index (χ3n) is 3.14. The molecule has 0 spiro atoms. The summed E-state index contributed by atoms with van der Waals surface area (Å²) in [6, 6.07) is 14.1. The van der Waals surface area contributed by atoms with Crippen molar-refractivity contribution in [1.82, 2.24) is 5.32 Å². The van der Waals surface area contributed by atoms with Crippen LogP contribution < -0.4 is 10.6 Å². The molecule has 1 atom stereocenters. The SMILES string of the molecule is O=C(CC(O)c1ccccc1)NCC(=O)Nc1ccc(F)cc1. The number of rotatable bonds is 6. The van der Waals surface area contributed by atoms with E-state index < -0.39 is 23.7 Å². The highest BCUT2D eigenvalue weighted by Crippen LogP contribution is 2.15. The smallest absolute Gasteiger partial charge is 0.243 e. The Kier molecular flexibility index (Phi) is 5.82. The van der Waals surface area contributed by atoms with Crippen LogP contribution in [0.3, 0.4) is 0 Å². The minimum absolute atomic E-state index is 0.131. The van der Waals surface area contributed by atoms with Crippen LogP contribution in [0.15, 0.2) is 54.6 Å². The fourth-order valence-corrected chi connectivity index (χ4v) is 1.96. The van der Waals surface area contributed by atoms with E-state index in [1.54, 1.807) is 24.3 Å². The Labute approximate surface area is 133 Å². The van der Waals surface area contributed by atoms with Crippen LogP contribution in [0, 0.1) is 5.82 Å². The van der Waals surface area contributed by atoms with E-state index in [-0.39, 0.29) is 13.0 Å². The standard InChI is InChI=1S/C17H17FN2O3/c18-13-6-8-14(9-7-13)20-17(23)11-19-16(22)10-15(21)12-4-2-1-3-5-12/h1-9,15,21H,10-11H2,(H,19,22)(H,20,23). The summed E-state index contributed by atoms with van der Waals surface area (Å²) in [5.41, 5.74) is 1.08. The van der Waals surface area contributed by atoms with E-state index in [0.717, 1.165) is 0 Å². The van der Waals surface area contributed by atoms with E-state index in [1.807, 2.05) is 6.07 Å². The summed E-state index contributed by atoms with van der Waals surface area (Å²) < 4.78 is 12.7. The first-order chi connectivity index (χ1) is 11.0. The van der Waals surface area contributed by atoms with Crippen molar-refractivity contribution in [3.05, 3.63) is 66.0 Å². The molecule has 120 valence electrons. The second-order valence-electron chi connectivity index (χ2n) is 4.96. The number of aliphatic hydroxyl groups is 1. The maximum Gasteiger partial charge on any atom is 0.243 e. The highest BCUT2D eigenvalue weighted by molar-refractivity contribution is 5.94. The molecule has 2 aromatic rings. The van der Waals surface area contributed by atoms with E-state index in [0.29, 0.717) is 11.3 Å². The van der Waals surface area contributed by atoms with Gasteiger partial charge in [0.1, 0.15) is 5.82 Å². The first-order valence-corrected chi connectivity index (χ1v) is 7.10. The topological polar surface area (TPSA) is 78.4 Å². The van der Waals surface area contributed by atoms with Gasteiger partial charge < -0.3 is 15.7 Å². The van der Waals surface area contributed by atoms with Gasteiger partial charge in [0, 0.05) is 5.69 Å². The normalized spacial score (nSPS) is 11.6. The molecule has 6 heteroatoms. The number of carbonyl (C=O) groups excluding carboxylic acids is 2. The highest BCUT2D eigenvalue weighted by atomic mass is 19.1. The van der Waals surface area contributed by atoms with Gasteiger partial charge in [-0.15, -0.1) is 0 Å². The Bertz CT molecular complexity index is 659. The lowest BCUT2D eigenvalue weighted by Crippen LogP contribution is -2.33. The summed E-state index contributed by atoms with van der Waals surface area (Å²) in [4.78, 5) is 23.4. The predicted molar refractivity (Wildman–Crippen MR) is 84.1 cm³/mol. The molecule has 0 bridgehead atoms. The lowest BCUT2D eigenvalue weighted by Gasteiger charge is -2.11. The van der Waals surface area contributed by atoms with Crippen molar-refractivity contribution in [2.45, 2.75) is 12.5 Å². The first-order valence-electron chi connectivity index (χ1n) is 7.10.